The summed E-state index contributed by atoms with van der Waals surface area (Å²) in [7, 11) is 0. The summed E-state index contributed by atoms with van der Waals surface area (Å²) in [5.74, 6) is 0.593. The summed E-state index contributed by atoms with van der Waals surface area (Å²) in [5, 5.41) is 2.83. The van der Waals surface area contributed by atoms with Crippen LogP contribution in [0.4, 0.5) is 0 Å². The molecule has 0 aliphatic carbocycles. The van der Waals surface area contributed by atoms with Gasteiger partial charge in [0.05, 0.1) is 5.01 Å². The van der Waals surface area contributed by atoms with Crippen LogP contribution in [-0.4, -0.2) is 10.8 Å². The highest BCUT2D eigenvalue weighted by molar-refractivity contribution is 7.09. The van der Waals surface area contributed by atoms with E-state index in [0.29, 0.717) is 11.6 Å². The molecule has 0 fully saturated rings. The van der Waals surface area contributed by atoms with E-state index >= 15 is 0 Å². The maximum Gasteiger partial charge on any atom is 0.178 e. The van der Waals surface area contributed by atoms with Crippen LogP contribution in [0.5, 0.6) is 0 Å². The van der Waals surface area contributed by atoms with Crippen LogP contribution in [0.25, 0.3) is 0 Å². The summed E-state index contributed by atoms with van der Waals surface area (Å²) in [6.45, 7) is 5.93. The second-order valence-electron chi connectivity index (χ2n) is 4.76. The molecule has 3 heteroatoms. The number of hydrogen-bond acceptors (Lipinski definition) is 3. The molecule has 0 atom stereocenters. The maximum absolute atomic E-state index is 11.2. The molecular weight excluding hydrogens is 242 g/mol. The second-order valence-corrected chi connectivity index (χ2v) is 5.70. The minimum absolute atomic E-state index is 0.0349. The van der Waals surface area contributed by atoms with Crippen molar-refractivity contribution in [2.75, 3.05) is 0 Å². The van der Waals surface area contributed by atoms with Crippen LogP contribution in [0.3, 0.4) is 0 Å². The van der Waals surface area contributed by atoms with Crippen molar-refractivity contribution in [2.45, 2.75) is 33.1 Å². The molecule has 1 aromatic carbocycles. The molecular formula is C15H17NOS. The summed E-state index contributed by atoms with van der Waals surface area (Å²) in [5.41, 5.74) is 3.17. The van der Waals surface area contributed by atoms with Gasteiger partial charge < -0.3 is 0 Å². The highest BCUT2D eigenvalue weighted by Gasteiger charge is 2.07. The molecule has 94 valence electrons. The molecule has 0 aliphatic rings. The van der Waals surface area contributed by atoms with E-state index in [9.17, 15) is 4.79 Å². The van der Waals surface area contributed by atoms with Crippen molar-refractivity contribution in [1.29, 1.82) is 0 Å². The molecule has 2 rings (SSSR count). The summed E-state index contributed by atoms with van der Waals surface area (Å²) in [6.07, 6.45) is 0.802. The van der Waals surface area contributed by atoms with Gasteiger partial charge in [0, 0.05) is 18.7 Å². The van der Waals surface area contributed by atoms with Gasteiger partial charge in [-0.1, -0.05) is 38.1 Å². The number of carbonyl (C=O) groups is 1. The zero-order valence-corrected chi connectivity index (χ0v) is 11.8. The molecule has 0 aliphatic heterocycles. The molecule has 1 heterocycles. The van der Waals surface area contributed by atoms with E-state index in [2.05, 4.69) is 43.1 Å². The Kier molecular flexibility index (Phi) is 3.92. The van der Waals surface area contributed by atoms with Gasteiger partial charge in [-0.15, -0.1) is 11.3 Å². The molecule has 0 spiro atoms. The van der Waals surface area contributed by atoms with Crippen LogP contribution in [0.1, 0.15) is 53.3 Å². The zero-order chi connectivity index (χ0) is 13.1. The second kappa shape index (κ2) is 5.44. The van der Waals surface area contributed by atoms with Gasteiger partial charge in [0.1, 0.15) is 5.69 Å². The van der Waals surface area contributed by atoms with E-state index in [1.807, 2.05) is 5.38 Å². The predicted octanol–water partition coefficient (Wildman–Crippen LogP) is 4.06. The van der Waals surface area contributed by atoms with Crippen molar-refractivity contribution in [2.24, 2.45) is 0 Å². The van der Waals surface area contributed by atoms with Crippen LogP contribution in [0, 0.1) is 0 Å². The number of benzene rings is 1. The molecule has 2 aromatic rings. The zero-order valence-electron chi connectivity index (χ0n) is 10.9. The highest BCUT2D eigenvalue weighted by Crippen LogP contribution is 2.18. The van der Waals surface area contributed by atoms with Crippen LogP contribution < -0.4 is 0 Å². The van der Waals surface area contributed by atoms with Crippen LogP contribution >= 0.6 is 11.3 Å². The average molecular weight is 259 g/mol. The highest BCUT2D eigenvalue weighted by atomic mass is 32.1. The standard InChI is InChI=1S/C15H17NOS/c1-10(2)13-6-4-12(5-7-13)8-15-16-14(9-18-15)11(3)17/h4-7,9-10H,8H2,1-3H3. The quantitative estimate of drug-likeness (QED) is 0.775. The lowest BCUT2D eigenvalue weighted by atomic mass is 10.0. The summed E-state index contributed by atoms with van der Waals surface area (Å²) < 4.78 is 0. The molecule has 0 bridgehead atoms. The predicted molar refractivity (Wildman–Crippen MR) is 75.5 cm³/mol. The first-order chi connectivity index (χ1) is 8.56. The Hall–Kier alpha value is -1.48. The first-order valence-electron chi connectivity index (χ1n) is 6.10. The van der Waals surface area contributed by atoms with E-state index in [1.54, 1.807) is 18.3 Å². The minimum atomic E-state index is 0.0349. The monoisotopic (exact) mass is 259 g/mol. The lowest BCUT2D eigenvalue weighted by Gasteiger charge is -2.05. The average Bonchev–Trinajstić information content (AvgIpc) is 2.78. The van der Waals surface area contributed by atoms with Gasteiger partial charge >= 0.3 is 0 Å². The number of thiazole rings is 1. The van der Waals surface area contributed by atoms with Crippen molar-refractivity contribution >= 4 is 17.1 Å². The van der Waals surface area contributed by atoms with Crippen LogP contribution in [-0.2, 0) is 6.42 Å². The summed E-state index contributed by atoms with van der Waals surface area (Å²) in [4.78, 5) is 15.5. The number of ketones is 1. The van der Waals surface area contributed by atoms with E-state index in [1.165, 1.54) is 11.1 Å². The van der Waals surface area contributed by atoms with Crippen molar-refractivity contribution in [1.82, 2.24) is 4.98 Å². The normalized spacial score (nSPS) is 10.9. The molecule has 0 N–H and O–H groups in total. The van der Waals surface area contributed by atoms with Crippen molar-refractivity contribution in [3.8, 4) is 0 Å². The molecule has 18 heavy (non-hydrogen) atoms. The van der Waals surface area contributed by atoms with Crippen LogP contribution in [0.15, 0.2) is 29.6 Å². The first kappa shape index (κ1) is 13.0. The molecule has 0 saturated carbocycles. The number of aromatic nitrogens is 1. The van der Waals surface area contributed by atoms with Gasteiger partial charge in [-0.2, -0.15) is 0 Å². The van der Waals surface area contributed by atoms with Gasteiger partial charge in [0.2, 0.25) is 0 Å². The molecule has 0 amide bonds. The first-order valence-corrected chi connectivity index (χ1v) is 6.98. The molecule has 1 aromatic heterocycles. The fraction of sp³-hybridized carbons (Fsp3) is 0.333. The number of nitrogens with zero attached hydrogens (tertiary/aromatic N) is 1. The van der Waals surface area contributed by atoms with Crippen molar-refractivity contribution in [3.63, 3.8) is 0 Å². The summed E-state index contributed by atoms with van der Waals surface area (Å²) in [6, 6.07) is 8.62. The Labute approximate surface area is 112 Å². The van der Waals surface area contributed by atoms with Gasteiger partial charge in [0.25, 0.3) is 0 Å². The Morgan fingerprint density at radius 1 is 1.28 bits per heavy atom. The lowest BCUT2D eigenvalue weighted by molar-refractivity contribution is 0.101. The number of rotatable bonds is 4. The fourth-order valence-corrected chi connectivity index (χ4v) is 2.62. The van der Waals surface area contributed by atoms with E-state index in [0.717, 1.165) is 11.4 Å². The lowest BCUT2D eigenvalue weighted by Crippen LogP contribution is -1.94. The Morgan fingerprint density at radius 3 is 2.44 bits per heavy atom. The fourth-order valence-electron chi connectivity index (χ4n) is 1.75. The van der Waals surface area contributed by atoms with Crippen molar-refractivity contribution in [3.05, 3.63) is 51.5 Å². The van der Waals surface area contributed by atoms with Crippen LogP contribution in [0.2, 0.25) is 0 Å². The van der Waals surface area contributed by atoms with Gasteiger partial charge in [-0.25, -0.2) is 4.98 Å². The third-order valence-electron chi connectivity index (χ3n) is 2.91. The topological polar surface area (TPSA) is 30.0 Å². The molecule has 0 unspecified atom stereocenters. The largest absolute Gasteiger partial charge is 0.293 e. The van der Waals surface area contributed by atoms with Gasteiger partial charge in [0.15, 0.2) is 5.78 Å². The van der Waals surface area contributed by atoms with Gasteiger partial charge in [-0.3, -0.25) is 4.79 Å². The van der Waals surface area contributed by atoms with E-state index < -0.39 is 0 Å². The SMILES string of the molecule is CC(=O)c1csc(Cc2ccc(C(C)C)cc2)n1. The molecule has 2 nitrogen and oxygen atoms in total. The van der Waals surface area contributed by atoms with Gasteiger partial charge in [-0.05, 0) is 17.0 Å². The number of carbonyl (C=O) groups excluding carboxylic acids is 1. The Bertz CT molecular complexity index is 540. The van der Waals surface area contributed by atoms with Crippen molar-refractivity contribution < 1.29 is 4.79 Å². The number of Topliss-reactive ketones (excluding diaryl/α,β-unsaturated/α-hetero) is 1. The number of hydrogen-bond donors (Lipinski definition) is 0. The van der Waals surface area contributed by atoms with E-state index in [4.69, 9.17) is 0 Å². The molecule has 0 saturated heterocycles. The summed E-state index contributed by atoms with van der Waals surface area (Å²) >= 11 is 1.55. The maximum atomic E-state index is 11.2. The minimum Gasteiger partial charge on any atom is -0.293 e. The Morgan fingerprint density at radius 2 is 1.94 bits per heavy atom. The van der Waals surface area contributed by atoms with E-state index in [-0.39, 0.29) is 5.78 Å². The third-order valence-corrected chi connectivity index (χ3v) is 3.76. The molecule has 0 radical (unpaired) electrons. The Balaban J connectivity index is 2.10. The third kappa shape index (κ3) is 3.05. The smallest absolute Gasteiger partial charge is 0.178 e.